The molecule has 0 saturated heterocycles. The van der Waals surface area contributed by atoms with Crippen molar-refractivity contribution in [3.63, 3.8) is 0 Å². The number of aromatic nitrogens is 2. The summed E-state index contributed by atoms with van der Waals surface area (Å²) < 4.78 is 0.999. The van der Waals surface area contributed by atoms with Crippen LogP contribution in [0.3, 0.4) is 0 Å². The van der Waals surface area contributed by atoms with Crippen LogP contribution in [-0.4, -0.2) is 9.97 Å². The molecule has 1 heterocycles. The molecule has 0 fully saturated rings. The minimum atomic E-state index is 0.431. The summed E-state index contributed by atoms with van der Waals surface area (Å²) in [6, 6.07) is 7.86. The summed E-state index contributed by atoms with van der Waals surface area (Å²) in [6.07, 6.45) is 3.21. The molecule has 0 radical (unpaired) electrons. The molecule has 0 aliphatic rings. The number of anilines is 1. The van der Waals surface area contributed by atoms with Crippen molar-refractivity contribution < 1.29 is 0 Å². The molecule has 0 unspecified atom stereocenters. The van der Waals surface area contributed by atoms with Gasteiger partial charge in [0.2, 0.25) is 0 Å². The highest BCUT2D eigenvalue weighted by atomic mass is 79.9. The highest BCUT2D eigenvalue weighted by Gasteiger charge is 2.02. The highest BCUT2D eigenvalue weighted by Crippen LogP contribution is 2.25. The zero-order chi connectivity index (χ0) is 9.97. The van der Waals surface area contributed by atoms with Crippen molar-refractivity contribution >= 4 is 21.7 Å². The molecule has 0 spiro atoms. The van der Waals surface area contributed by atoms with Crippen molar-refractivity contribution in [1.29, 1.82) is 0 Å². The molecule has 3 nitrogen and oxygen atoms in total. The maximum Gasteiger partial charge on any atom is 0.141 e. The Bertz CT molecular complexity index is 439. The molecule has 14 heavy (non-hydrogen) atoms. The number of rotatable bonds is 1. The molecule has 0 amide bonds. The Labute approximate surface area is 90.1 Å². The summed E-state index contributed by atoms with van der Waals surface area (Å²) in [7, 11) is 0. The third-order valence-corrected chi connectivity index (χ3v) is 2.51. The number of benzene rings is 1. The van der Waals surface area contributed by atoms with Gasteiger partial charge in [-0.15, -0.1) is 0 Å². The number of nitrogens with zero attached hydrogens (tertiary/aromatic N) is 2. The van der Waals surface area contributed by atoms with Crippen LogP contribution in [0.2, 0.25) is 0 Å². The third-order valence-electron chi connectivity index (χ3n) is 1.82. The van der Waals surface area contributed by atoms with E-state index in [4.69, 9.17) is 5.73 Å². The van der Waals surface area contributed by atoms with Crippen LogP contribution in [0.1, 0.15) is 0 Å². The maximum absolute atomic E-state index is 5.46. The second-order valence-corrected chi connectivity index (χ2v) is 3.66. The lowest BCUT2D eigenvalue weighted by Crippen LogP contribution is -1.92. The Morgan fingerprint density at radius 2 is 1.86 bits per heavy atom. The fourth-order valence-corrected chi connectivity index (χ4v) is 1.63. The van der Waals surface area contributed by atoms with Crippen LogP contribution in [-0.2, 0) is 0 Å². The lowest BCUT2D eigenvalue weighted by atomic mass is 10.2. The fraction of sp³-hybridized carbons (Fsp3) is 0. The molecule has 2 N–H and O–H groups in total. The highest BCUT2D eigenvalue weighted by molar-refractivity contribution is 9.10. The summed E-state index contributed by atoms with van der Waals surface area (Å²) in [5.41, 5.74) is 7.28. The molecule has 0 aliphatic carbocycles. The summed E-state index contributed by atoms with van der Waals surface area (Å²) in [4.78, 5) is 8.18. The molecule has 1 aromatic heterocycles. The van der Waals surface area contributed by atoms with E-state index in [0.717, 1.165) is 15.7 Å². The van der Waals surface area contributed by atoms with Crippen LogP contribution in [0, 0.1) is 0 Å². The predicted molar refractivity (Wildman–Crippen MR) is 59.6 cm³/mol. The topological polar surface area (TPSA) is 51.8 Å². The van der Waals surface area contributed by atoms with E-state index in [2.05, 4.69) is 25.9 Å². The molecule has 0 bridgehead atoms. The van der Waals surface area contributed by atoms with E-state index in [-0.39, 0.29) is 0 Å². The molecular formula is C10H8BrN3. The Morgan fingerprint density at radius 3 is 2.50 bits per heavy atom. The van der Waals surface area contributed by atoms with Gasteiger partial charge in [0.05, 0.1) is 18.1 Å². The van der Waals surface area contributed by atoms with Gasteiger partial charge in [-0.2, -0.15) is 0 Å². The Balaban J connectivity index is 2.50. The van der Waals surface area contributed by atoms with Gasteiger partial charge in [0.25, 0.3) is 0 Å². The van der Waals surface area contributed by atoms with Crippen molar-refractivity contribution in [3.05, 3.63) is 41.1 Å². The van der Waals surface area contributed by atoms with Gasteiger partial charge in [-0.25, -0.2) is 4.98 Å². The summed E-state index contributed by atoms with van der Waals surface area (Å²) in [5, 5.41) is 0. The SMILES string of the molecule is Nc1cnc(-c2ccccc2Br)cn1. The van der Waals surface area contributed by atoms with Crippen molar-refractivity contribution in [3.8, 4) is 11.3 Å². The Morgan fingerprint density at radius 1 is 1.07 bits per heavy atom. The average Bonchev–Trinajstić information content (AvgIpc) is 2.20. The second kappa shape index (κ2) is 3.75. The Kier molecular flexibility index (Phi) is 2.45. The van der Waals surface area contributed by atoms with E-state index in [1.807, 2.05) is 24.3 Å². The van der Waals surface area contributed by atoms with Gasteiger partial charge in [0, 0.05) is 10.0 Å². The smallest absolute Gasteiger partial charge is 0.141 e. The van der Waals surface area contributed by atoms with Crippen LogP contribution >= 0.6 is 15.9 Å². The quantitative estimate of drug-likeness (QED) is 0.845. The van der Waals surface area contributed by atoms with E-state index in [1.54, 1.807) is 12.4 Å². The Hall–Kier alpha value is -1.42. The van der Waals surface area contributed by atoms with Crippen LogP contribution in [0.5, 0.6) is 0 Å². The number of nitrogen functional groups attached to an aromatic ring is 1. The maximum atomic E-state index is 5.46. The van der Waals surface area contributed by atoms with Gasteiger partial charge in [0.1, 0.15) is 5.82 Å². The van der Waals surface area contributed by atoms with Crippen molar-refractivity contribution in [2.45, 2.75) is 0 Å². The summed E-state index contributed by atoms with van der Waals surface area (Å²) >= 11 is 3.45. The first-order valence-electron chi connectivity index (χ1n) is 4.10. The summed E-state index contributed by atoms with van der Waals surface area (Å²) in [6.45, 7) is 0. The second-order valence-electron chi connectivity index (χ2n) is 2.81. The zero-order valence-electron chi connectivity index (χ0n) is 7.31. The third kappa shape index (κ3) is 1.75. The van der Waals surface area contributed by atoms with Crippen LogP contribution < -0.4 is 5.73 Å². The minimum Gasteiger partial charge on any atom is -0.382 e. The number of halogens is 1. The first-order chi connectivity index (χ1) is 6.77. The lowest BCUT2D eigenvalue weighted by molar-refractivity contribution is 1.21. The standard InChI is InChI=1S/C10H8BrN3/c11-8-4-2-1-3-7(8)9-5-14-10(12)6-13-9/h1-6H,(H2,12,14). The van der Waals surface area contributed by atoms with Crippen molar-refractivity contribution in [2.24, 2.45) is 0 Å². The van der Waals surface area contributed by atoms with Crippen LogP contribution in [0.25, 0.3) is 11.3 Å². The van der Waals surface area contributed by atoms with E-state index in [0.29, 0.717) is 5.82 Å². The number of hydrogen-bond donors (Lipinski definition) is 1. The fourth-order valence-electron chi connectivity index (χ4n) is 1.15. The zero-order valence-corrected chi connectivity index (χ0v) is 8.90. The molecule has 4 heteroatoms. The molecule has 0 saturated carbocycles. The van der Waals surface area contributed by atoms with Crippen molar-refractivity contribution in [1.82, 2.24) is 9.97 Å². The minimum absolute atomic E-state index is 0.431. The van der Waals surface area contributed by atoms with Crippen LogP contribution in [0.4, 0.5) is 5.82 Å². The van der Waals surface area contributed by atoms with Crippen molar-refractivity contribution in [2.75, 3.05) is 5.73 Å². The van der Waals surface area contributed by atoms with Gasteiger partial charge in [-0.3, -0.25) is 4.98 Å². The van der Waals surface area contributed by atoms with Gasteiger partial charge in [0.15, 0.2) is 0 Å². The molecule has 0 aliphatic heterocycles. The van der Waals surface area contributed by atoms with E-state index >= 15 is 0 Å². The van der Waals surface area contributed by atoms with Crippen LogP contribution in [0.15, 0.2) is 41.1 Å². The molecule has 70 valence electrons. The largest absolute Gasteiger partial charge is 0.382 e. The van der Waals surface area contributed by atoms with Gasteiger partial charge in [-0.1, -0.05) is 34.1 Å². The number of hydrogen-bond acceptors (Lipinski definition) is 3. The van der Waals surface area contributed by atoms with E-state index < -0.39 is 0 Å². The normalized spacial score (nSPS) is 10.1. The molecule has 0 atom stereocenters. The average molecular weight is 250 g/mol. The van der Waals surface area contributed by atoms with E-state index in [9.17, 15) is 0 Å². The lowest BCUT2D eigenvalue weighted by Gasteiger charge is -2.02. The molecule has 2 rings (SSSR count). The predicted octanol–water partition coefficient (Wildman–Crippen LogP) is 2.49. The molecular weight excluding hydrogens is 242 g/mol. The van der Waals surface area contributed by atoms with Gasteiger partial charge >= 0.3 is 0 Å². The summed E-state index contributed by atoms with van der Waals surface area (Å²) in [5.74, 6) is 0.431. The molecule has 1 aromatic carbocycles. The van der Waals surface area contributed by atoms with Gasteiger partial charge < -0.3 is 5.73 Å². The first-order valence-corrected chi connectivity index (χ1v) is 4.89. The van der Waals surface area contributed by atoms with Gasteiger partial charge in [-0.05, 0) is 6.07 Å². The van der Waals surface area contributed by atoms with E-state index in [1.165, 1.54) is 0 Å². The molecule has 2 aromatic rings. The first kappa shape index (κ1) is 9.15. The monoisotopic (exact) mass is 249 g/mol. The number of nitrogens with two attached hydrogens (primary N) is 1.